The number of carbonyl (C=O) groups excluding carboxylic acids is 1. The van der Waals surface area contributed by atoms with Gasteiger partial charge in [0, 0.05) is 43.0 Å². The number of benzene rings is 1. The molecular weight excluding hydrogens is 509 g/mol. The molecule has 1 aliphatic heterocycles. The van der Waals surface area contributed by atoms with Crippen LogP contribution in [-0.2, 0) is 11.3 Å². The van der Waals surface area contributed by atoms with E-state index in [1.807, 2.05) is 23.1 Å². The SMILES string of the molecule is CN=C(NCc1csc(-c2ccccc2)n1)NC1CCN(C(=O)C2CCCC2)C1.I. The van der Waals surface area contributed by atoms with Crippen LogP contribution in [-0.4, -0.2) is 47.9 Å². The predicted molar refractivity (Wildman–Crippen MR) is 133 cm³/mol. The van der Waals surface area contributed by atoms with Crippen LogP contribution in [0.3, 0.4) is 0 Å². The van der Waals surface area contributed by atoms with E-state index in [1.165, 1.54) is 12.8 Å². The van der Waals surface area contributed by atoms with Crippen LogP contribution in [0.1, 0.15) is 37.8 Å². The van der Waals surface area contributed by atoms with Crippen LogP contribution in [0.4, 0.5) is 0 Å². The number of aromatic nitrogens is 1. The highest BCUT2D eigenvalue weighted by Crippen LogP contribution is 2.28. The lowest BCUT2D eigenvalue weighted by Gasteiger charge is -2.21. The molecule has 2 N–H and O–H groups in total. The van der Waals surface area contributed by atoms with E-state index in [4.69, 9.17) is 4.98 Å². The summed E-state index contributed by atoms with van der Waals surface area (Å²) in [6.45, 7) is 2.24. The molecule has 30 heavy (non-hydrogen) atoms. The number of aliphatic imine (C=N–C) groups is 1. The molecule has 2 aromatic rings. The number of halogens is 1. The molecule has 1 unspecified atom stereocenters. The summed E-state index contributed by atoms with van der Waals surface area (Å²) in [7, 11) is 1.78. The molecule has 1 aromatic carbocycles. The quantitative estimate of drug-likeness (QED) is 0.344. The normalized spacial score (nSPS) is 19.6. The topological polar surface area (TPSA) is 69.6 Å². The molecule has 2 aliphatic rings. The summed E-state index contributed by atoms with van der Waals surface area (Å²) in [6, 6.07) is 10.5. The molecule has 1 saturated heterocycles. The summed E-state index contributed by atoms with van der Waals surface area (Å²) in [6.07, 6.45) is 5.49. The van der Waals surface area contributed by atoms with Crippen LogP contribution in [0.2, 0.25) is 0 Å². The van der Waals surface area contributed by atoms with Crippen molar-refractivity contribution in [3.63, 3.8) is 0 Å². The molecule has 1 amide bonds. The summed E-state index contributed by atoms with van der Waals surface area (Å²) in [5, 5.41) is 9.94. The molecule has 1 atom stereocenters. The van der Waals surface area contributed by atoms with Gasteiger partial charge in [0.25, 0.3) is 0 Å². The second-order valence-corrected chi connectivity index (χ2v) is 8.69. The Morgan fingerprint density at radius 1 is 1.23 bits per heavy atom. The lowest BCUT2D eigenvalue weighted by Crippen LogP contribution is -2.45. The largest absolute Gasteiger partial charge is 0.352 e. The van der Waals surface area contributed by atoms with Crippen LogP contribution in [0.15, 0.2) is 40.7 Å². The first kappa shape index (κ1) is 23.0. The Morgan fingerprint density at radius 3 is 2.73 bits per heavy atom. The van der Waals surface area contributed by atoms with Crippen molar-refractivity contribution >= 4 is 47.2 Å². The van der Waals surface area contributed by atoms with Gasteiger partial charge in [-0.2, -0.15) is 0 Å². The van der Waals surface area contributed by atoms with Crippen LogP contribution in [0.25, 0.3) is 10.6 Å². The van der Waals surface area contributed by atoms with Crippen molar-refractivity contribution in [2.24, 2.45) is 10.9 Å². The highest BCUT2D eigenvalue weighted by atomic mass is 127. The Morgan fingerprint density at radius 2 is 2.00 bits per heavy atom. The molecule has 4 rings (SSSR count). The van der Waals surface area contributed by atoms with Crippen molar-refractivity contribution in [2.75, 3.05) is 20.1 Å². The number of nitrogens with one attached hydrogen (secondary N) is 2. The third kappa shape index (κ3) is 5.72. The fourth-order valence-electron chi connectivity index (χ4n) is 4.17. The van der Waals surface area contributed by atoms with E-state index in [2.05, 4.69) is 33.1 Å². The highest BCUT2D eigenvalue weighted by Gasteiger charge is 2.32. The van der Waals surface area contributed by atoms with Gasteiger partial charge in [0.2, 0.25) is 5.91 Å². The van der Waals surface area contributed by atoms with Crippen molar-refractivity contribution in [2.45, 2.75) is 44.7 Å². The molecule has 162 valence electrons. The van der Waals surface area contributed by atoms with Gasteiger partial charge in [0.05, 0.1) is 12.2 Å². The molecule has 1 aliphatic carbocycles. The van der Waals surface area contributed by atoms with E-state index >= 15 is 0 Å². The molecule has 1 aromatic heterocycles. The Hall–Kier alpha value is -1.68. The molecule has 0 spiro atoms. The Balaban J connectivity index is 0.00000256. The Labute approximate surface area is 199 Å². The van der Waals surface area contributed by atoms with Crippen molar-refractivity contribution in [1.82, 2.24) is 20.5 Å². The van der Waals surface area contributed by atoms with Crippen LogP contribution < -0.4 is 10.6 Å². The van der Waals surface area contributed by atoms with E-state index in [9.17, 15) is 4.79 Å². The molecule has 1 saturated carbocycles. The number of amides is 1. The molecular formula is C22H30IN5OS. The highest BCUT2D eigenvalue weighted by molar-refractivity contribution is 14.0. The molecule has 2 fully saturated rings. The number of guanidine groups is 1. The minimum Gasteiger partial charge on any atom is -0.352 e. The molecule has 6 nitrogen and oxygen atoms in total. The zero-order chi connectivity index (χ0) is 20.1. The second kappa shape index (κ2) is 11.1. The Kier molecular flexibility index (Phi) is 8.50. The van der Waals surface area contributed by atoms with Gasteiger partial charge < -0.3 is 15.5 Å². The van der Waals surface area contributed by atoms with Crippen molar-refractivity contribution in [3.05, 3.63) is 41.4 Å². The second-order valence-electron chi connectivity index (χ2n) is 7.83. The average Bonchev–Trinajstić information content (AvgIpc) is 3.53. The van der Waals surface area contributed by atoms with Crippen LogP contribution in [0, 0.1) is 5.92 Å². The number of rotatable bonds is 5. The standard InChI is InChI=1S/C22H29N5OS.HI/c1-23-22(24-13-19-15-29-20(25-19)16-7-3-2-4-8-16)26-18-11-12-27(14-18)21(28)17-9-5-6-10-17;/h2-4,7-8,15,17-18H,5-6,9-14H2,1H3,(H2,23,24,26);1H. The maximum Gasteiger partial charge on any atom is 0.225 e. The van der Waals surface area contributed by atoms with E-state index in [0.717, 1.165) is 54.6 Å². The van der Waals surface area contributed by atoms with Gasteiger partial charge in [-0.05, 0) is 19.3 Å². The predicted octanol–water partition coefficient (Wildman–Crippen LogP) is 3.88. The number of carbonyl (C=O) groups is 1. The van der Waals surface area contributed by atoms with Gasteiger partial charge in [-0.25, -0.2) is 4.98 Å². The molecule has 0 radical (unpaired) electrons. The van der Waals surface area contributed by atoms with Gasteiger partial charge in [-0.15, -0.1) is 35.3 Å². The van der Waals surface area contributed by atoms with E-state index in [1.54, 1.807) is 18.4 Å². The van der Waals surface area contributed by atoms with Crippen LogP contribution in [0.5, 0.6) is 0 Å². The van der Waals surface area contributed by atoms with Gasteiger partial charge in [-0.1, -0.05) is 43.2 Å². The smallest absolute Gasteiger partial charge is 0.225 e. The van der Waals surface area contributed by atoms with Gasteiger partial charge in [0.1, 0.15) is 5.01 Å². The summed E-state index contributed by atoms with van der Waals surface area (Å²) >= 11 is 1.65. The van der Waals surface area contributed by atoms with E-state index < -0.39 is 0 Å². The minimum absolute atomic E-state index is 0. The van der Waals surface area contributed by atoms with Gasteiger partial charge >= 0.3 is 0 Å². The summed E-state index contributed by atoms with van der Waals surface area (Å²) in [4.78, 5) is 23.7. The number of thiazole rings is 1. The average molecular weight is 539 g/mol. The van der Waals surface area contributed by atoms with Gasteiger partial charge in [0.15, 0.2) is 5.96 Å². The maximum absolute atomic E-state index is 12.6. The van der Waals surface area contributed by atoms with E-state index in [0.29, 0.717) is 12.5 Å². The van der Waals surface area contributed by atoms with Gasteiger partial charge in [-0.3, -0.25) is 9.79 Å². The summed E-state index contributed by atoms with van der Waals surface area (Å²) in [5.41, 5.74) is 2.14. The van der Waals surface area contributed by atoms with E-state index in [-0.39, 0.29) is 35.9 Å². The zero-order valence-electron chi connectivity index (χ0n) is 17.3. The summed E-state index contributed by atoms with van der Waals surface area (Å²) in [5.74, 6) is 1.37. The first-order valence-electron chi connectivity index (χ1n) is 10.5. The Bertz CT molecular complexity index is 850. The third-order valence-electron chi connectivity index (χ3n) is 5.78. The number of likely N-dealkylation sites (tertiary alicyclic amines) is 1. The lowest BCUT2D eigenvalue weighted by molar-refractivity contribution is -0.134. The monoisotopic (exact) mass is 539 g/mol. The summed E-state index contributed by atoms with van der Waals surface area (Å²) < 4.78 is 0. The van der Waals surface area contributed by atoms with Crippen molar-refractivity contribution in [3.8, 4) is 10.6 Å². The first-order chi connectivity index (χ1) is 14.2. The minimum atomic E-state index is 0. The molecule has 8 heteroatoms. The molecule has 2 heterocycles. The molecule has 0 bridgehead atoms. The number of nitrogens with zero attached hydrogens (tertiary/aromatic N) is 3. The third-order valence-corrected chi connectivity index (χ3v) is 6.72. The number of hydrogen-bond acceptors (Lipinski definition) is 4. The first-order valence-corrected chi connectivity index (χ1v) is 11.4. The lowest BCUT2D eigenvalue weighted by atomic mass is 10.1. The van der Waals surface area contributed by atoms with Crippen LogP contribution >= 0.6 is 35.3 Å². The zero-order valence-corrected chi connectivity index (χ0v) is 20.5. The van der Waals surface area contributed by atoms with Crippen molar-refractivity contribution in [1.29, 1.82) is 0 Å². The van der Waals surface area contributed by atoms with Crippen molar-refractivity contribution < 1.29 is 4.79 Å². The fourth-order valence-corrected chi connectivity index (χ4v) is 5.00. The maximum atomic E-state index is 12.6. The fraction of sp³-hybridized carbons (Fsp3) is 0.500. The number of hydrogen-bond donors (Lipinski definition) is 2.